The number of carboxylic acids is 1. The predicted octanol–water partition coefficient (Wildman–Crippen LogP) is 1.97. The molecule has 0 spiro atoms. The highest BCUT2D eigenvalue weighted by molar-refractivity contribution is 7.19. The summed E-state index contributed by atoms with van der Waals surface area (Å²) in [5.74, 6) is -0.218. The van der Waals surface area contributed by atoms with E-state index in [1.54, 1.807) is 43.1 Å². The van der Waals surface area contributed by atoms with E-state index in [4.69, 9.17) is 10.5 Å². The van der Waals surface area contributed by atoms with Crippen molar-refractivity contribution in [2.75, 3.05) is 31.6 Å². The third-order valence-electron chi connectivity index (χ3n) is 5.75. The molecule has 3 aromatic rings. The summed E-state index contributed by atoms with van der Waals surface area (Å²) >= 11 is 1.31. The quantitative estimate of drug-likeness (QED) is 0.375. The third-order valence-corrected chi connectivity index (χ3v) is 6.82. The molecule has 4 N–H and O–H groups in total. The summed E-state index contributed by atoms with van der Waals surface area (Å²) < 4.78 is 6.98. The van der Waals surface area contributed by atoms with E-state index in [0.717, 1.165) is 13.1 Å². The van der Waals surface area contributed by atoms with Crippen molar-refractivity contribution in [1.82, 2.24) is 29.9 Å². The molecule has 0 aliphatic carbocycles. The highest BCUT2D eigenvalue weighted by Crippen LogP contribution is 2.36. The second-order valence-corrected chi connectivity index (χ2v) is 9.95. The molecule has 0 atom stereocenters. The second kappa shape index (κ2) is 10.5. The minimum absolute atomic E-state index is 0.319. The zero-order chi connectivity index (χ0) is 25.0. The molecule has 3 aromatic heterocycles. The summed E-state index contributed by atoms with van der Waals surface area (Å²) in [6, 6.07) is 3.40. The van der Waals surface area contributed by atoms with Crippen molar-refractivity contribution in [2.45, 2.75) is 33.4 Å². The first-order valence-corrected chi connectivity index (χ1v) is 12.0. The summed E-state index contributed by atoms with van der Waals surface area (Å²) in [6.07, 6.45) is 3.80. The zero-order valence-electron chi connectivity index (χ0n) is 19.6. The molecule has 4 rings (SSSR count). The molecule has 4 heterocycles. The van der Waals surface area contributed by atoms with Crippen molar-refractivity contribution in [3.8, 4) is 10.6 Å². The van der Waals surface area contributed by atoms with E-state index in [9.17, 15) is 14.7 Å². The van der Waals surface area contributed by atoms with E-state index in [0.29, 0.717) is 65.5 Å². The molecule has 13 heteroatoms. The molecular weight excluding hydrogens is 472 g/mol. The molecule has 0 unspecified atom stereocenters. The summed E-state index contributed by atoms with van der Waals surface area (Å²) in [5.41, 5.74) is 5.63. The molecule has 0 bridgehead atoms. The Bertz CT molecular complexity index is 1200. The number of nitrogens with zero attached hydrogens (tertiary/aromatic N) is 6. The van der Waals surface area contributed by atoms with Crippen LogP contribution in [0.2, 0.25) is 0 Å². The number of nitrogens with one attached hydrogen (secondary N) is 1. The molecule has 1 aliphatic heterocycles. The number of amides is 1. The number of nitrogens with two attached hydrogens (primary N) is 1. The molecule has 1 aliphatic rings. The largest absolute Gasteiger partial charge is 0.481 e. The fourth-order valence-electron chi connectivity index (χ4n) is 3.44. The van der Waals surface area contributed by atoms with Gasteiger partial charge in [0.25, 0.3) is 5.91 Å². The van der Waals surface area contributed by atoms with Crippen LogP contribution in [0.1, 0.15) is 36.5 Å². The first-order chi connectivity index (χ1) is 16.7. The maximum atomic E-state index is 12.1. The van der Waals surface area contributed by atoms with Crippen LogP contribution in [0.25, 0.3) is 10.6 Å². The van der Waals surface area contributed by atoms with Gasteiger partial charge < -0.3 is 20.9 Å². The fourth-order valence-corrected chi connectivity index (χ4v) is 4.46. The van der Waals surface area contributed by atoms with Crippen LogP contribution in [0.4, 0.5) is 10.8 Å². The molecule has 0 saturated carbocycles. The molecule has 12 nitrogen and oxygen atoms in total. The topological polar surface area (TPSA) is 161 Å². The molecule has 35 heavy (non-hydrogen) atoms. The summed E-state index contributed by atoms with van der Waals surface area (Å²) in [4.78, 5) is 35.3. The lowest BCUT2D eigenvalue weighted by molar-refractivity contribution is -0.147. The third kappa shape index (κ3) is 6.18. The van der Waals surface area contributed by atoms with Crippen molar-refractivity contribution in [1.29, 1.82) is 0 Å². The molecule has 1 amide bonds. The van der Waals surface area contributed by atoms with Crippen LogP contribution in [-0.4, -0.2) is 73.1 Å². The van der Waals surface area contributed by atoms with E-state index in [1.807, 2.05) is 0 Å². The van der Waals surface area contributed by atoms with E-state index < -0.39 is 17.3 Å². The Kier molecular flexibility index (Phi) is 7.38. The standard InChI is InChI=1S/C22H28N8O4S/c1-22(2,21(32)33)4-6-30-12-15(27-28-30)16-11-14(19(23)31)20(35-16)26-17-3-5-24-18(25-17)13-29-7-9-34-10-8-29/h3,5,11-12H,4,6-10,13H2,1-2H3,(H2,23,31)(H,32,33)(H,24,25,26). The number of thiophene rings is 1. The summed E-state index contributed by atoms with van der Waals surface area (Å²) in [6.45, 7) is 7.40. The minimum Gasteiger partial charge on any atom is -0.481 e. The lowest BCUT2D eigenvalue weighted by Gasteiger charge is -2.25. The van der Waals surface area contributed by atoms with Gasteiger partial charge in [-0.15, -0.1) is 16.4 Å². The number of aryl methyl sites for hydroxylation is 1. The number of hydrogen-bond acceptors (Lipinski definition) is 10. The van der Waals surface area contributed by atoms with Crippen molar-refractivity contribution < 1.29 is 19.4 Å². The average molecular weight is 501 g/mol. The van der Waals surface area contributed by atoms with Crippen LogP contribution in [-0.2, 0) is 22.6 Å². The lowest BCUT2D eigenvalue weighted by atomic mass is 9.90. The van der Waals surface area contributed by atoms with Gasteiger partial charge in [0, 0.05) is 25.8 Å². The van der Waals surface area contributed by atoms with E-state index in [1.165, 1.54) is 11.3 Å². The molecule has 0 aromatic carbocycles. The molecule has 186 valence electrons. The lowest BCUT2D eigenvalue weighted by Crippen LogP contribution is -2.36. The maximum absolute atomic E-state index is 12.1. The summed E-state index contributed by atoms with van der Waals surface area (Å²) in [5, 5.41) is 21.3. The van der Waals surface area contributed by atoms with Crippen LogP contribution in [0.15, 0.2) is 24.5 Å². The molecule has 0 radical (unpaired) electrons. The number of carbonyl (C=O) groups excluding carboxylic acids is 1. The van der Waals surface area contributed by atoms with Gasteiger partial charge in [-0.05, 0) is 32.4 Å². The Morgan fingerprint density at radius 3 is 2.80 bits per heavy atom. The van der Waals surface area contributed by atoms with Crippen LogP contribution in [0.5, 0.6) is 0 Å². The second-order valence-electron chi connectivity index (χ2n) is 8.90. The molecule has 1 fully saturated rings. The molecular formula is C22H28N8O4S. The first kappa shape index (κ1) is 24.7. The minimum atomic E-state index is -0.872. The predicted molar refractivity (Wildman–Crippen MR) is 129 cm³/mol. The normalized spacial score (nSPS) is 14.7. The number of aliphatic carboxylic acids is 1. The van der Waals surface area contributed by atoms with Gasteiger partial charge in [0.05, 0.1) is 41.8 Å². The highest BCUT2D eigenvalue weighted by atomic mass is 32.1. The van der Waals surface area contributed by atoms with E-state index in [-0.39, 0.29) is 0 Å². The number of anilines is 2. The van der Waals surface area contributed by atoms with Gasteiger partial charge in [-0.3, -0.25) is 19.2 Å². The van der Waals surface area contributed by atoms with Crippen LogP contribution < -0.4 is 11.1 Å². The van der Waals surface area contributed by atoms with Gasteiger partial charge in [0.15, 0.2) is 0 Å². The first-order valence-electron chi connectivity index (χ1n) is 11.2. The number of ether oxygens (including phenoxy) is 1. The van der Waals surface area contributed by atoms with E-state index in [2.05, 4.69) is 30.5 Å². The Balaban J connectivity index is 1.49. The maximum Gasteiger partial charge on any atom is 0.309 e. The van der Waals surface area contributed by atoms with Gasteiger partial charge >= 0.3 is 5.97 Å². The smallest absolute Gasteiger partial charge is 0.309 e. The fraction of sp³-hybridized carbons (Fsp3) is 0.455. The number of primary amides is 1. The number of hydrogen-bond donors (Lipinski definition) is 3. The Labute approximate surface area is 206 Å². The van der Waals surface area contributed by atoms with E-state index >= 15 is 0 Å². The number of morpholine rings is 1. The van der Waals surface area contributed by atoms with Crippen molar-refractivity contribution in [3.63, 3.8) is 0 Å². The number of aromatic nitrogens is 5. The molecule has 1 saturated heterocycles. The SMILES string of the molecule is CC(C)(CCn1cc(-c2cc(C(N)=O)c(Nc3ccnc(CN4CCOCC4)n3)s2)nn1)C(=O)O. The van der Waals surface area contributed by atoms with Gasteiger partial charge in [0.2, 0.25) is 0 Å². The van der Waals surface area contributed by atoms with Crippen LogP contribution in [0.3, 0.4) is 0 Å². The van der Waals surface area contributed by atoms with Gasteiger partial charge in [0.1, 0.15) is 22.3 Å². The summed E-state index contributed by atoms with van der Waals surface area (Å²) in [7, 11) is 0. The van der Waals surface area contributed by atoms with Crippen LogP contribution in [0, 0.1) is 5.41 Å². The van der Waals surface area contributed by atoms with Crippen molar-refractivity contribution in [2.24, 2.45) is 11.1 Å². The van der Waals surface area contributed by atoms with Crippen molar-refractivity contribution >= 4 is 34.0 Å². The highest BCUT2D eigenvalue weighted by Gasteiger charge is 2.27. The Hall–Kier alpha value is -3.42. The average Bonchev–Trinajstić information content (AvgIpc) is 3.46. The number of rotatable bonds is 10. The Morgan fingerprint density at radius 1 is 1.31 bits per heavy atom. The number of carboxylic acid groups (broad SMARTS) is 1. The zero-order valence-corrected chi connectivity index (χ0v) is 20.4. The van der Waals surface area contributed by atoms with Gasteiger partial charge in [-0.25, -0.2) is 9.97 Å². The van der Waals surface area contributed by atoms with Gasteiger partial charge in [-0.1, -0.05) is 5.21 Å². The van der Waals surface area contributed by atoms with Gasteiger partial charge in [-0.2, -0.15) is 0 Å². The Morgan fingerprint density at radius 2 is 2.09 bits per heavy atom. The van der Waals surface area contributed by atoms with Crippen molar-refractivity contribution in [3.05, 3.63) is 35.9 Å². The monoisotopic (exact) mass is 500 g/mol. The number of carbonyl (C=O) groups is 2. The van der Waals surface area contributed by atoms with Crippen LogP contribution >= 0.6 is 11.3 Å².